The molecule has 5 heteroatoms. The number of aryl methyl sites for hydroxylation is 2. The maximum Gasteiger partial charge on any atom is 0.167 e. The fraction of sp³-hybridized carbons (Fsp3) is 0.731. The van der Waals surface area contributed by atoms with Crippen LogP contribution in [-0.4, -0.2) is 10.1 Å². The first-order valence-corrected chi connectivity index (χ1v) is 25.1. The van der Waals surface area contributed by atoms with E-state index in [2.05, 4.69) is 107 Å². The first kappa shape index (κ1) is 51.7. The molecule has 0 bridgehead atoms. The number of rotatable bonds is 28. The molecule has 2 unspecified atom stereocenters. The fourth-order valence-corrected chi connectivity index (χ4v) is 9.32. The third-order valence-electron chi connectivity index (χ3n) is 11.9. The molecule has 324 valence electrons. The molecule has 0 radical (unpaired) electrons. The lowest BCUT2D eigenvalue weighted by Crippen LogP contribution is -2.17. The summed E-state index contributed by atoms with van der Waals surface area (Å²) in [6.45, 7) is 27.3. The summed E-state index contributed by atoms with van der Waals surface area (Å²) in [5.41, 5.74) is 4.61. The molecule has 2 rings (SSSR count). The molecule has 0 saturated carbocycles. The van der Waals surface area contributed by atoms with Gasteiger partial charge in [0.2, 0.25) is 0 Å². The third kappa shape index (κ3) is 20.1. The number of unbranched alkanes of at least 4 members (excludes halogenated alkanes) is 12. The van der Waals surface area contributed by atoms with Gasteiger partial charge in [0.1, 0.15) is 11.5 Å². The topological polar surface area (TPSA) is 18.5 Å². The van der Waals surface area contributed by atoms with Crippen molar-refractivity contribution in [1.29, 1.82) is 0 Å². The minimum absolute atomic E-state index is 0.0962. The summed E-state index contributed by atoms with van der Waals surface area (Å²) in [5, 5.41) is 1.44. The maximum absolute atomic E-state index is 6.55. The monoisotopic (exact) mass is 839 g/mol. The summed E-state index contributed by atoms with van der Waals surface area (Å²) in [7, 11) is 0. The van der Waals surface area contributed by atoms with Crippen molar-refractivity contribution >= 4 is 46.3 Å². The lowest BCUT2D eigenvalue weighted by atomic mass is 9.85. The van der Waals surface area contributed by atoms with Gasteiger partial charge in [-0.2, -0.15) is 0 Å². The van der Waals surface area contributed by atoms with E-state index in [4.69, 9.17) is 33.9 Å². The minimum atomic E-state index is -0.0962. The van der Waals surface area contributed by atoms with Gasteiger partial charge in [-0.05, 0) is 109 Å². The lowest BCUT2D eigenvalue weighted by Gasteiger charge is -2.26. The highest BCUT2D eigenvalue weighted by molar-refractivity contribution is 7.99. The zero-order valence-electron chi connectivity index (χ0n) is 39.1. The Morgan fingerprint density at radius 1 is 0.509 bits per heavy atom. The highest BCUT2D eigenvalue weighted by Crippen LogP contribution is 2.43. The lowest BCUT2D eigenvalue weighted by molar-refractivity contribution is 0.408. The van der Waals surface area contributed by atoms with Crippen molar-refractivity contribution in [2.24, 2.45) is 11.8 Å². The predicted molar refractivity (Wildman–Crippen MR) is 262 cm³/mol. The van der Waals surface area contributed by atoms with E-state index in [-0.39, 0.29) is 10.8 Å². The Hall–Kier alpha value is -1.43. The van der Waals surface area contributed by atoms with Crippen LogP contribution in [0, 0.1) is 25.7 Å². The van der Waals surface area contributed by atoms with Gasteiger partial charge in [-0.1, -0.05) is 197 Å². The Balaban J connectivity index is 2.13. The Morgan fingerprint density at radius 2 is 0.842 bits per heavy atom. The first-order chi connectivity index (χ1) is 27.0. The summed E-state index contributed by atoms with van der Waals surface area (Å²) < 4.78 is 13.1. The summed E-state index contributed by atoms with van der Waals surface area (Å²) in [4.78, 5) is 2.50. The van der Waals surface area contributed by atoms with Crippen molar-refractivity contribution in [3.63, 3.8) is 0 Å². The van der Waals surface area contributed by atoms with Crippen LogP contribution in [0.2, 0.25) is 0 Å². The fourth-order valence-electron chi connectivity index (χ4n) is 7.88. The van der Waals surface area contributed by atoms with Crippen LogP contribution in [0.5, 0.6) is 11.5 Å². The Bertz CT molecular complexity index is 1350. The molecule has 0 fully saturated rings. The van der Waals surface area contributed by atoms with Gasteiger partial charge >= 0.3 is 0 Å². The van der Waals surface area contributed by atoms with Gasteiger partial charge in [0.05, 0.1) is 0 Å². The van der Waals surface area contributed by atoms with Crippen LogP contribution in [0.15, 0.2) is 34.1 Å². The number of benzene rings is 2. The largest absolute Gasteiger partial charge is 0.450 e. The van der Waals surface area contributed by atoms with Crippen LogP contribution in [0.4, 0.5) is 0 Å². The van der Waals surface area contributed by atoms with E-state index in [1.807, 2.05) is 11.8 Å². The highest BCUT2D eigenvalue weighted by Gasteiger charge is 2.25. The van der Waals surface area contributed by atoms with Crippen molar-refractivity contribution in [2.75, 3.05) is 0 Å². The second kappa shape index (κ2) is 27.4. The van der Waals surface area contributed by atoms with E-state index in [1.54, 1.807) is 0 Å². The van der Waals surface area contributed by atoms with Gasteiger partial charge in [0.25, 0.3) is 0 Å². The molecule has 0 spiro atoms. The number of hydrogen-bond acceptors (Lipinski definition) is 5. The number of thiocarbonyl (C=S) groups is 2. The molecule has 0 aromatic heterocycles. The van der Waals surface area contributed by atoms with Crippen LogP contribution in [-0.2, 0) is 10.8 Å². The van der Waals surface area contributed by atoms with Crippen molar-refractivity contribution in [3.05, 3.63) is 46.5 Å². The molecular formula is C52H86O2S3. The first-order valence-electron chi connectivity index (χ1n) is 23.4. The molecule has 2 aromatic carbocycles. The average molecular weight is 839 g/mol. The zero-order valence-corrected chi connectivity index (χ0v) is 41.5. The minimum Gasteiger partial charge on any atom is -0.450 e. The molecule has 2 nitrogen and oxygen atoms in total. The molecular weight excluding hydrogens is 753 g/mol. The average Bonchev–Trinajstić information content (AvgIpc) is 3.14. The molecule has 0 N–H and O–H groups in total. The van der Waals surface area contributed by atoms with E-state index in [0.717, 1.165) is 59.1 Å². The highest BCUT2D eigenvalue weighted by atomic mass is 32.2. The molecule has 57 heavy (non-hydrogen) atoms. The molecule has 2 aromatic rings. The zero-order chi connectivity index (χ0) is 42.4. The SMILES string of the molecule is CCCCCCCCCC(CC)CCC(=S)Oc1cc(C)c(Sc2cc(C(C)(C)C)c(OC(=S)CCC(CC)CCCCCCCCC)cc2C)cc1C(C)(C)C. The van der Waals surface area contributed by atoms with Crippen LogP contribution >= 0.6 is 36.2 Å². The van der Waals surface area contributed by atoms with E-state index >= 15 is 0 Å². The predicted octanol–water partition coefficient (Wildman–Crippen LogP) is 18.4. The summed E-state index contributed by atoms with van der Waals surface area (Å²) >= 11 is 13.6. The smallest absolute Gasteiger partial charge is 0.167 e. The van der Waals surface area contributed by atoms with E-state index in [1.165, 1.54) is 148 Å². The number of ether oxygens (including phenoxy) is 2. The van der Waals surface area contributed by atoms with Gasteiger partial charge in [-0.3, -0.25) is 0 Å². The van der Waals surface area contributed by atoms with Crippen LogP contribution in [0.25, 0.3) is 0 Å². The standard InChI is InChI=1S/C52H86O2S3/c1-13-17-19-21-23-25-27-29-41(15-3)31-33-49(55)53-45-35-39(5)47(37-43(45)51(7,8)9)57-48-38-44(52(10,11)12)46(36-40(48)6)54-50(56)34-32-42(16-4)30-28-26-24-22-20-18-14-2/h35-38,41-42H,13-34H2,1-12H3. The summed E-state index contributed by atoms with van der Waals surface area (Å²) in [5.74, 6) is 3.26. The second-order valence-electron chi connectivity index (χ2n) is 19.2. The van der Waals surface area contributed by atoms with Gasteiger partial charge in [-0.15, -0.1) is 0 Å². The van der Waals surface area contributed by atoms with Crippen molar-refractivity contribution < 1.29 is 9.47 Å². The number of hydrogen-bond donors (Lipinski definition) is 0. The van der Waals surface area contributed by atoms with Gasteiger partial charge in [0.15, 0.2) is 10.1 Å². The van der Waals surface area contributed by atoms with Crippen LogP contribution in [0.1, 0.15) is 233 Å². The third-order valence-corrected chi connectivity index (χ3v) is 13.8. The molecule has 0 aliphatic heterocycles. The van der Waals surface area contributed by atoms with Crippen LogP contribution < -0.4 is 9.47 Å². The van der Waals surface area contributed by atoms with E-state index in [0.29, 0.717) is 0 Å². The summed E-state index contributed by atoms with van der Waals surface area (Å²) in [6.07, 6.45) is 28.1. The van der Waals surface area contributed by atoms with E-state index in [9.17, 15) is 0 Å². The van der Waals surface area contributed by atoms with Crippen LogP contribution in [0.3, 0.4) is 0 Å². The second-order valence-corrected chi connectivity index (χ2v) is 21.2. The van der Waals surface area contributed by atoms with Gasteiger partial charge < -0.3 is 9.47 Å². The normalized spacial score (nSPS) is 13.1. The molecule has 2 atom stereocenters. The van der Waals surface area contributed by atoms with Crippen molar-refractivity contribution in [3.8, 4) is 11.5 Å². The van der Waals surface area contributed by atoms with Crippen molar-refractivity contribution in [1.82, 2.24) is 0 Å². The Morgan fingerprint density at radius 3 is 1.16 bits per heavy atom. The Kier molecular flexibility index (Phi) is 24.9. The van der Waals surface area contributed by atoms with Crippen molar-refractivity contribution in [2.45, 2.75) is 245 Å². The molecule has 0 saturated heterocycles. The van der Waals surface area contributed by atoms with Gasteiger partial charge in [-0.25, -0.2) is 0 Å². The quantitative estimate of drug-likeness (QED) is 0.0626. The molecule has 0 amide bonds. The Labute approximate surface area is 368 Å². The molecule has 0 aliphatic rings. The summed E-state index contributed by atoms with van der Waals surface area (Å²) in [6, 6.07) is 9.13. The maximum atomic E-state index is 6.55. The van der Waals surface area contributed by atoms with Gasteiger partial charge in [0, 0.05) is 33.8 Å². The molecule has 0 heterocycles. The molecule has 0 aliphatic carbocycles. The van der Waals surface area contributed by atoms with E-state index < -0.39 is 0 Å².